The zero-order valence-corrected chi connectivity index (χ0v) is 32.5. The quantitative estimate of drug-likeness (QED) is 0.169. The molecule has 0 spiro atoms. The Kier molecular flexibility index (Phi) is 7.66. The molecule has 0 unspecified atom stereocenters. The Balaban J connectivity index is 0.951. The normalized spacial score (nSPS) is 12.9. The molecule has 1 aliphatic rings. The number of hydrogen-bond donors (Lipinski definition) is 0. The molecule has 7 nitrogen and oxygen atoms in total. The van der Waals surface area contributed by atoms with Gasteiger partial charge in [-0.05, 0) is 89.8 Å². The fourth-order valence-corrected chi connectivity index (χ4v) is 8.65. The van der Waals surface area contributed by atoms with E-state index in [1.165, 1.54) is 27.2 Å². The van der Waals surface area contributed by atoms with E-state index in [1.54, 1.807) is 0 Å². The first kappa shape index (κ1) is 33.9. The van der Waals surface area contributed by atoms with Crippen molar-refractivity contribution in [1.29, 1.82) is 0 Å². The van der Waals surface area contributed by atoms with Crippen LogP contribution in [0.2, 0.25) is 0 Å². The molecule has 6 aromatic carbocycles. The maximum absolute atomic E-state index is 6.69. The van der Waals surface area contributed by atoms with Gasteiger partial charge in [-0.1, -0.05) is 87.5 Å². The van der Waals surface area contributed by atoms with E-state index in [-0.39, 0.29) is 5.41 Å². The molecule has 0 N–H and O–H groups in total. The van der Waals surface area contributed by atoms with Gasteiger partial charge in [0.15, 0.2) is 0 Å². The number of anilines is 4. The minimum absolute atomic E-state index is 0.00355. The predicted octanol–water partition coefficient (Wildman–Crippen LogP) is 13.0. The molecule has 0 saturated carbocycles. The van der Waals surface area contributed by atoms with Gasteiger partial charge in [0.1, 0.15) is 24.0 Å². The topological polar surface area (TPSA) is 51.4 Å². The summed E-state index contributed by atoms with van der Waals surface area (Å²) in [4.78, 5) is 14.1. The Morgan fingerprint density at radius 3 is 1.91 bits per heavy atom. The summed E-state index contributed by atoms with van der Waals surface area (Å²) in [6, 6.07) is 55.7. The summed E-state index contributed by atoms with van der Waals surface area (Å²) in [5.74, 6) is 2.41. The van der Waals surface area contributed by atoms with Gasteiger partial charge in [0, 0.05) is 63.1 Å². The molecule has 0 bridgehead atoms. The van der Waals surface area contributed by atoms with Gasteiger partial charge in [0.05, 0.1) is 39.6 Å². The van der Waals surface area contributed by atoms with Crippen LogP contribution in [-0.2, 0) is 5.41 Å². The lowest BCUT2D eigenvalue weighted by molar-refractivity contribution is 0.483. The zero-order valence-electron chi connectivity index (χ0n) is 32.5. The second kappa shape index (κ2) is 13.1. The third-order valence-corrected chi connectivity index (χ3v) is 11.5. The van der Waals surface area contributed by atoms with Crippen LogP contribution in [0.1, 0.15) is 26.3 Å². The summed E-state index contributed by atoms with van der Waals surface area (Å²) in [6.07, 6.45) is 5.75. The van der Waals surface area contributed by atoms with E-state index in [0.717, 1.165) is 67.7 Å². The van der Waals surface area contributed by atoms with Gasteiger partial charge < -0.3 is 19.1 Å². The van der Waals surface area contributed by atoms with Crippen molar-refractivity contribution in [2.75, 3.05) is 16.5 Å². The van der Waals surface area contributed by atoms with Crippen LogP contribution < -0.4 is 14.5 Å². The Labute approximate surface area is 336 Å². The highest BCUT2D eigenvalue weighted by Crippen LogP contribution is 2.46. The van der Waals surface area contributed by atoms with Crippen molar-refractivity contribution < 1.29 is 4.74 Å². The van der Waals surface area contributed by atoms with Crippen molar-refractivity contribution in [2.45, 2.75) is 26.2 Å². The van der Waals surface area contributed by atoms with E-state index in [9.17, 15) is 0 Å². The number of rotatable bonds is 6. The van der Waals surface area contributed by atoms with Gasteiger partial charge in [0.2, 0.25) is 0 Å². The molecule has 1 aliphatic heterocycles. The molecule has 58 heavy (non-hydrogen) atoms. The summed E-state index contributed by atoms with van der Waals surface area (Å²) >= 11 is 0. The predicted molar refractivity (Wildman–Crippen MR) is 238 cm³/mol. The Morgan fingerprint density at radius 1 is 0.483 bits per heavy atom. The molecule has 5 heterocycles. The van der Waals surface area contributed by atoms with Gasteiger partial charge in [-0.15, -0.1) is 0 Å². The summed E-state index contributed by atoms with van der Waals surface area (Å²) in [5, 5.41) is 4.80. The molecule has 0 saturated heterocycles. The number of hydrogen-bond acceptors (Lipinski definition) is 5. The van der Waals surface area contributed by atoms with E-state index >= 15 is 0 Å². The van der Waals surface area contributed by atoms with Crippen molar-refractivity contribution in [2.24, 2.45) is 0 Å². The molecular weight excluding hydrogens is 713 g/mol. The third-order valence-electron chi connectivity index (χ3n) is 11.5. The van der Waals surface area contributed by atoms with Crippen LogP contribution in [0.15, 0.2) is 176 Å². The maximum Gasteiger partial charge on any atom is 0.137 e. The van der Waals surface area contributed by atoms with E-state index in [4.69, 9.17) is 9.72 Å². The van der Waals surface area contributed by atoms with Crippen LogP contribution >= 0.6 is 0 Å². The smallest absolute Gasteiger partial charge is 0.137 e. The molecule has 11 rings (SSSR count). The van der Waals surface area contributed by atoms with Crippen LogP contribution in [0.5, 0.6) is 11.5 Å². The van der Waals surface area contributed by atoms with Crippen molar-refractivity contribution in [1.82, 2.24) is 19.1 Å². The molecule has 4 aromatic heterocycles. The van der Waals surface area contributed by atoms with Crippen LogP contribution in [0.25, 0.3) is 55.1 Å². The molecule has 0 atom stereocenters. The highest BCUT2D eigenvalue weighted by molar-refractivity contribution is 6.11. The summed E-state index contributed by atoms with van der Waals surface area (Å²) in [6.45, 7) is 7.32. The Hall–Kier alpha value is -7.38. The largest absolute Gasteiger partial charge is 0.457 e. The van der Waals surface area contributed by atoms with Gasteiger partial charge >= 0.3 is 0 Å². The van der Waals surface area contributed by atoms with Crippen LogP contribution in [0, 0.1) is 0 Å². The Morgan fingerprint density at radius 2 is 1.12 bits per heavy atom. The van der Waals surface area contributed by atoms with Crippen LogP contribution in [0.4, 0.5) is 22.7 Å². The first-order valence-electron chi connectivity index (χ1n) is 19.7. The monoisotopic (exact) mass is 752 g/mol. The fourth-order valence-electron chi connectivity index (χ4n) is 8.65. The summed E-state index contributed by atoms with van der Waals surface area (Å²) in [7, 11) is 0. The zero-order chi connectivity index (χ0) is 39.0. The Bertz CT molecular complexity index is 3190. The highest BCUT2D eigenvalue weighted by Gasteiger charge is 2.29. The lowest BCUT2D eigenvalue weighted by Gasteiger charge is -2.23. The first-order chi connectivity index (χ1) is 28.4. The van der Waals surface area contributed by atoms with Gasteiger partial charge in [0.25, 0.3) is 0 Å². The standard InChI is InChI=1S/C51H40N6O/c1-51(2,3)34-24-27-53-50(28-34)57-45-19-10-8-17-41(45)43-23-21-39(31-48(43)57)58-38-15-11-14-36(29-38)54-33-55(49-32-52-26-25-46(49)54)37-20-22-42-40-16-7-9-18-44(40)56(47(42)30-37)35-12-5-4-6-13-35/h4-32H,33H2,1-3H3. The van der Waals surface area contributed by atoms with Crippen molar-refractivity contribution >= 4 is 66.4 Å². The minimum Gasteiger partial charge on any atom is -0.457 e. The molecule has 0 fully saturated rings. The number of benzene rings is 6. The molecule has 0 aliphatic carbocycles. The van der Waals surface area contributed by atoms with E-state index in [0.29, 0.717) is 6.67 Å². The van der Waals surface area contributed by atoms with Gasteiger partial charge in [-0.3, -0.25) is 9.55 Å². The molecule has 280 valence electrons. The van der Waals surface area contributed by atoms with Gasteiger partial charge in [-0.2, -0.15) is 0 Å². The summed E-state index contributed by atoms with van der Waals surface area (Å²) in [5.41, 5.74) is 11.2. The lowest BCUT2D eigenvalue weighted by Crippen LogP contribution is -2.23. The highest BCUT2D eigenvalue weighted by atomic mass is 16.5. The van der Waals surface area contributed by atoms with Gasteiger partial charge in [-0.25, -0.2) is 4.98 Å². The first-order valence-corrected chi connectivity index (χ1v) is 19.7. The third kappa shape index (κ3) is 5.50. The van der Waals surface area contributed by atoms with Crippen LogP contribution in [0.3, 0.4) is 0 Å². The second-order valence-corrected chi connectivity index (χ2v) is 16.0. The van der Waals surface area contributed by atoms with Crippen molar-refractivity contribution in [3.8, 4) is 23.0 Å². The van der Waals surface area contributed by atoms with Crippen LogP contribution in [-0.4, -0.2) is 25.8 Å². The average Bonchev–Trinajstić information content (AvgIpc) is 3.91. The maximum atomic E-state index is 6.69. The van der Waals surface area contributed by atoms with Crippen molar-refractivity contribution in [3.63, 3.8) is 0 Å². The minimum atomic E-state index is -0.00355. The fraction of sp³-hybridized carbons (Fsp3) is 0.0980. The number of pyridine rings is 2. The number of nitrogens with zero attached hydrogens (tertiary/aromatic N) is 6. The molecule has 0 amide bonds. The number of aromatic nitrogens is 4. The second-order valence-electron chi connectivity index (χ2n) is 16.0. The number of ether oxygens (including phenoxy) is 1. The molecular formula is C51H40N6O. The lowest BCUT2D eigenvalue weighted by atomic mass is 9.88. The SMILES string of the molecule is CC(C)(C)c1ccnc(-n2c3ccccc3c3ccc(Oc4cccc(N5CN(c6ccc7c8ccccc8n(-c8ccccc8)c7c6)c6cnccc65)c4)cc32)c1. The summed E-state index contributed by atoms with van der Waals surface area (Å²) < 4.78 is 11.3. The molecule has 0 radical (unpaired) electrons. The number of fused-ring (bicyclic) bond motifs is 7. The van der Waals surface area contributed by atoms with E-state index in [1.807, 2.05) is 24.7 Å². The number of para-hydroxylation sites is 3. The average molecular weight is 753 g/mol. The molecule has 7 heteroatoms. The molecule has 10 aromatic rings. The van der Waals surface area contributed by atoms with Crippen molar-refractivity contribution in [3.05, 3.63) is 182 Å². The van der Waals surface area contributed by atoms with E-state index in [2.05, 4.69) is 196 Å². The van der Waals surface area contributed by atoms with E-state index < -0.39 is 0 Å².